The van der Waals surface area contributed by atoms with Crippen LogP contribution in [0.25, 0.3) is 0 Å². The smallest absolute Gasteiger partial charge is 0.349 e. The molecule has 9 heteroatoms. The lowest BCUT2D eigenvalue weighted by Gasteiger charge is -2.10. The molecule has 0 aliphatic carbocycles. The zero-order chi connectivity index (χ0) is 18.6. The minimum Gasteiger partial charge on any atom is -0.349 e. The first kappa shape index (κ1) is 17.6. The van der Waals surface area contributed by atoms with E-state index in [1.54, 1.807) is 12.1 Å². The van der Waals surface area contributed by atoms with Crippen molar-refractivity contribution in [3.63, 3.8) is 0 Å². The largest absolute Gasteiger partial charge is 0.416 e. The van der Waals surface area contributed by atoms with Gasteiger partial charge in [0.2, 0.25) is 5.95 Å². The normalized spacial score (nSPS) is 11.2. The molecule has 5 nitrogen and oxygen atoms in total. The Balaban J connectivity index is 1.64. The highest BCUT2D eigenvalue weighted by molar-refractivity contribution is 5.56. The second kappa shape index (κ2) is 7.34. The molecule has 2 N–H and O–H groups in total. The van der Waals surface area contributed by atoms with E-state index in [1.165, 1.54) is 30.5 Å². The maximum atomic E-state index is 12.9. The lowest BCUT2D eigenvalue weighted by molar-refractivity contribution is -0.137. The van der Waals surface area contributed by atoms with Gasteiger partial charge in [0.25, 0.3) is 0 Å². The van der Waals surface area contributed by atoms with E-state index in [-0.39, 0.29) is 11.8 Å². The number of aromatic nitrogens is 3. The van der Waals surface area contributed by atoms with E-state index < -0.39 is 11.7 Å². The van der Waals surface area contributed by atoms with Crippen molar-refractivity contribution in [3.8, 4) is 0 Å². The average molecular weight is 363 g/mol. The summed E-state index contributed by atoms with van der Waals surface area (Å²) in [4.78, 5) is 4.18. The van der Waals surface area contributed by atoms with E-state index in [0.29, 0.717) is 18.1 Å². The summed E-state index contributed by atoms with van der Waals surface area (Å²) in [6, 6.07) is 10.5. The van der Waals surface area contributed by atoms with Crippen LogP contribution in [0.1, 0.15) is 11.1 Å². The molecule has 2 aromatic carbocycles. The molecular formula is C17H13F4N5. The second-order valence-electron chi connectivity index (χ2n) is 5.35. The van der Waals surface area contributed by atoms with Crippen LogP contribution < -0.4 is 10.6 Å². The second-order valence-corrected chi connectivity index (χ2v) is 5.35. The molecule has 1 aromatic heterocycles. The van der Waals surface area contributed by atoms with Crippen molar-refractivity contribution < 1.29 is 17.6 Å². The highest BCUT2D eigenvalue weighted by atomic mass is 19.4. The molecular weight excluding hydrogens is 350 g/mol. The van der Waals surface area contributed by atoms with Gasteiger partial charge in [0.15, 0.2) is 5.82 Å². The first-order chi connectivity index (χ1) is 12.4. The van der Waals surface area contributed by atoms with Gasteiger partial charge in [0.05, 0.1) is 11.8 Å². The number of halogens is 4. The molecule has 3 rings (SSSR count). The Morgan fingerprint density at radius 2 is 1.62 bits per heavy atom. The van der Waals surface area contributed by atoms with Crippen LogP contribution in [0, 0.1) is 5.82 Å². The van der Waals surface area contributed by atoms with Gasteiger partial charge in [-0.1, -0.05) is 12.1 Å². The molecule has 0 unspecified atom stereocenters. The highest BCUT2D eigenvalue weighted by Crippen LogP contribution is 2.30. The first-order valence-corrected chi connectivity index (χ1v) is 7.52. The summed E-state index contributed by atoms with van der Waals surface area (Å²) in [5.74, 6) is 0.224. The predicted octanol–water partition coefficient (Wildman–Crippen LogP) is 4.39. The van der Waals surface area contributed by atoms with Crippen molar-refractivity contribution in [1.82, 2.24) is 15.2 Å². The molecule has 1 heterocycles. The quantitative estimate of drug-likeness (QED) is 0.659. The standard InChI is InChI=1S/C17H13F4N5/c18-13-5-1-11(2-6-13)9-22-16-25-15(10-23-26-16)24-14-7-3-12(4-8-14)17(19,20)21/h1-8,10H,9H2,(H2,22,24,25,26). The minimum atomic E-state index is -4.38. The van der Waals surface area contributed by atoms with Crippen LogP contribution in [-0.4, -0.2) is 15.2 Å². The lowest BCUT2D eigenvalue weighted by Crippen LogP contribution is -2.07. The van der Waals surface area contributed by atoms with Gasteiger partial charge in [0, 0.05) is 12.2 Å². The Morgan fingerprint density at radius 1 is 0.923 bits per heavy atom. The van der Waals surface area contributed by atoms with Gasteiger partial charge in [-0.3, -0.25) is 0 Å². The third-order valence-electron chi connectivity index (χ3n) is 3.41. The number of anilines is 3. The molecule has 3 aromatic rings. The number of benzene rings is 2. The Kier molecular flexibility index (Phi) is 4.97. The number of alkyl halides is 3. The summed E-state index contributed by atoms with van der Waals surface area (Å²) in [5, 5.41) is 13.4. The van der Waals surface area contributed by atoms with Crippen molar-refractivity contribution in [3.05, 3.63) is 71.7 Å². The molecule has 0 spiro atoms. The van der Waals surface area contributed by atoms with E-state index in [1.807, 2.05) is 0 Å². The molecule has 0 bridgehead atoms. The lowest BCUT2D eigenvalue weighted by atomic mass is 10.2. The number of hydrogen-bond acceptors (Lipinski definition) is 5. The fourth-order valence-corrected chi connectivity index (χ4v) is 2.11. The van der Waals surface area contributed by atoms with Gasteiger partial charge < -0.3 is 10.6 Å². The van der Waals surface area contributed by atoms with Crippen LogP contribution in [-0.2, 0) is 12.7 Å². The van der Waals surface area contributed by atoms with Crippen LogP contribution in [0.5, 0.6) is 0 Å². The zero-order valence-electron chi connectivity index (χ0n) is 13.3. The fourth-order valence-electron chi connectivity index (χ4n) is 2.11. The van der Waals surface area contributed by atoms with Gasteiger partial charge in [0.1, 0.15) is 5.82 Å². The molecule has 0 radical (unpaired) electrons. The predicted molar refractivity (Wildman–Crippen MR) is 88.3 cm³/mol. The van der Waals surface area contributed by atoms with Crippen molar-refractivity contribution in [2.24, 2.45) is 0 Å². The Hall–Kier alpha value is -3.23. The molecule has 134 valence electrons. The SMILES string of the molecule is Fc1ccc(CNc2nncc(Nc3ccc(C(F)(F)F)cc3)n2)cc1. The van der Waals surface area contributed by atoms with E-state index >= 15 is 0 Å². The third kappa shape index (κ3) is 4.65. The third-order valence-corrected chi connectivity index (χ3v) is 3.41. The minimum absolute atomic E-state index is 0.228. The summed E-state index contributed by atoms with van der Waals surface area (Å²) < 4.78 is 50.6. The van der Waals surface area contributed by atoms with Crippen molar-refractivity contribution >= 4 is 17.5 Å². The summed E-state index contributed by atoms with van der Waals surface area (Å²) in [6.45, 7) is 0.367. The van der Waals surface area contributed by atoms with Crippen molar-refractivity contribution in [2.45, 2.75) is 12.7 Å². The summed E-state index contributed by atoms with van der Waals surface area (Å²) in [5.41, 5.74) is 0.532. The molecule has 0 saturated heterocycles. The van der Waals surface area contributed by atoms with Crippen molar-refractivity contribution in [2.75, 3.05) is 10.6 Å². The number of rotatable bonds is 5. The van der Waals surface area contributed by atoms with Gasteiger partial charge in [-0.2, -0.15) is 23.3 Å². The van der Waals surface area contributed by atoms with E-state index in [4.69, 9.17) is 0 Å². The number of nitrogens with one attached hydrogen (secondary N) is 2. The van der Waals surface area contributed by atoms with Gasteiger partial charge >= 0.3 is 6.18 Å². The topological polar surface area (TPSA) is 62.7 Å². The van der Waals surface area contributed by atoms with E-state index in [9.17, 15) is 17.6 Å². The first-order valence-electron chi connectivity index (χ1n) is 7.52. The molecule has 0 amide bonds. The Bertz CT molecular complexity index is 864. The van der Waals surface area contributed by atoms with Gasteiger partial charge in [-0.25, -0.2) is 4.39 Å². The van der Waals surface area contributed by atoms with Crippen LogP contribution in [0.15, 0.2) is 54.7 Å². The van der Waals surface area contributed by atoms with Crippen LogP contribution in [0.2, 0.25) is 0 Å². The van der Waals surface area contributed by atoms with E-state index in [2.05, 4.69) is 25.8 Å². The Morgan fingerprint density at radius 3 is 2.27 bits per heavy atom. The van der Waals surface area contributed by atoms with Crippen LogP contribution >= 0.6 is 0 Å². The molecule has 26 heavy (non-hydrogen) atoms. The van der Waals surface area contributed by atoms with Gasteiger partial charge in [-0.15, -0.1) is 5.10 Å². The monoisotopic (exact) mass is 363 g/mol. The van der Waals surface area contributed by atoms with Crippen LogP contribution in [0.3, 0.4) is 0 Å². The summed E-state index contributed by atoms with van der Waals surface area (Å²) in [7, 11) is 0. The van der Waals surface area contributed by atoms with Gasteiger partial charge in [-0.05, 0) is 42.0 Å². The Labute approximate surface area is 146 Å². The average Bonchev–Trinajstić information content (AvgIpc) is 2.61. The maximum absolute atomic E-state index is 12.9. The summed E-state index contributed by atoms with van der Waals surface area (Å²) >= 11 is 0. The molecule has 0 atom stereocenters. The van der Waals surface area contributed by atoms with Crippen molar-refractivity contribution in [1.29, 1.82) is 0 Å². The maximum Gasteiger partial charge on any atom is 0.416 e. The number of hydrogen-bond donors (Lipinski definition) is 2. The molecule has 0 fully saturated rings. The van der Waals surface area contributed by atoms with E-state index in [0.717, 1.165) is 17.7 Å². The fraction of sp³-hybridized carbons (Fsp3) is 0.118. The highest BCUT2D eigenvalue weighted by Gasteiger charge is 2.29. The number of nitrogens with zero attached hydrogens (tertiary/aromatic N) is 3. The molecule has 0 aliphatic rings. The summed E-state index contributed by atoms with van der Waals surface area (Å²) in [6.07, 6.45) is -3.03. The molecule has 0 saturated carbocycles. The zero-order valence-corrected chi connectivity index (χ0v) is 13.3. The van der Waals surface area contributed by atoms with Crippen LogP contribution in [0.4, 0.5) is 35.0 Å². The molecule has 0 aliphatic heterocycles.